The molecule has 1 aromatic carbocycles. The molecule has 0 spiro atoms. The average molecular weight is 364 g/mol. The zero-order valence-corrected chi connectivity index (χ0v) is 15.4. The van der Waals surface area contributed by atoms with E-state index in [2.05, 4.69) is 24.0 Å². The number of esters is 1. The van der Waals surface area contributed by atoms with Crippen molar-refractivity contribution in [3.63, 3.8) is 0 Å². The summed E-state index contributed by atoms with van der Waals surface area (Å²) in [6, 6.07) is 9.15. The van der Waals surface area contributed by atoms with Crippen molar-refractivity contribution in [3.05, 3.63) is 59.2 Å². The minimum absolute atomic E-state index is 0.112. The number of nitrogens with zero attached hydrogens (tertiary/aromatic N) is 2. The Hall–Kier alpha value is -3.15. The second-order valence-corrected chi connectivity index (χ2v) is 7.64. The number of rotatable bonds is 2. The van der Waals surface area contributed by atoms with Crippen molar-refractivity contribution >= 4 is 22.6 Å². The predicted octanol–water partition coefficient (Wildman–Crippen LogP) is 4.51. The van der Waals surface area contributed by atoms with E-state index in [9.17, 15) is 10.0 Å². The molecule has 6 nitrogen and oxygen atoms in total. The highest BCUT2D eigenvalue weighted by Crippen LogP contribution is 2.39. The van der Waals surface area contributed by atoms with E-state index < -0.39 is 5.97 Å². The van der Waals surface area contributed by atoms with Crippen molar-refractivity contribution in [2.24, 2.45) is 10.6 Å². The molecule has 1 N–H and O–H groups in total. The molecule has 4 rings (SSSR count). The number of furan rings is 1. The van der Waals surface area contributed by atoms with Crippen LogP contribution in [0.5, 0.6) is 5.75 Å². The topological polar surface area (TPSA) is 84.9 Å². The van der Waals surface area contributed by atoms with E-state index in [1.54, 1.807) is 19.2 Å². The summed E-state index contributed by atoms with van der Waals surface area (Å²) in [5, 5.41) is 13.7. The minimum Gasteiger partial charge on any atom is -0.453 e. The fourth-order valence-electron chi connectivity index (χ4n) is 3.70. The fraction of sp³-hybridized carbons (Fsp3) is 0.286. The molecular formula is C21H20N2O4. The molecule has 138 valence electrons. The van der Waals surface area contributed by atoms with Gasteiger partial charge in [-0.05, 0) is 30.9 Å². The first-order valence-electron chi connectivity index (χ1n) is 8.79. The lowest BCUT2D eigenvalue weighted by Gasteiger charge is -2.28. The van der Waals surface area contributed by atoms with Gasteiger partial charge in [0, 0.05) is 29.1 Å². The lowest BCUT2D eigenvalue weighted by molar-refractivity contribution is 0.0699. The summed E-state index contributed by atoms with van der Waals surface area (Å²) < 4.78 is 11.5. The molecule has 0 saturated heterocycles. The number of pyridine rings is 1. The molecule has 0 aliphatic heterocycles. The Balaban J connectivity index is 1.72. The molecular weight excluding hydrogens is 344 g/mol. The van der Waals surface area contributed by atoms with Crippen LogP contribution in [-0.4, -0.2) is 21.9 Å². The largest absolute Gasteiger partial charge is 0.453 e. The van der Waals surface area contributed by atoms with E-state index in [1.165, 1.54) is 0 Å². The number of para-hydroxylation sites is 1. The smallest absolute Gasteiger partial charge is 0.380 e. The van der Waals surface area contributed by atoms with E-state index in [0.717, 1.165) is 5.39 Å². The average Bonchev–Trinajstić information content (AvgIpc) is 2.96. The van der Waals surface area contributed by atoms with Crippen LogP contribution in [0, 0.1) is 12.3 Å². The third-order valence-electron chi connectivity index (χ3n) is 4.90. The van der Waals surface area contributed by atoms with Crippen LogP contribution in [0.1, 0.15) is 47.7 Å². The maximum Gasteiger partial charge on any atom is 0.380 e. The van der Waals surface area contributed by atoms with Crippen LogP contribution in [0.3, 0.4) is 0 Å². The maximum atomic E-state index is 12.8. The molecule has 0 unspecified atom stereocenters. The summed E-state index contributed by atoms with van der Waals surface area (Å²) in [7, 11) is 0. The second-order valence-electron chi connectivity index (χ2n) is 7.64. The standard InChI is InChI=1S/C21H20N2O4/c1-12-17-14(23-25)10-21(2,3)11-16(17)26-19(12)20(24)27-15-8-4-6-13-7-5-9-22-18(13)15/h4-9,25H,10-11H2,1-3H3/b23-14-. The number of carbonyl (C=O) groups excluding carboxylic acids is 1. The quantitative estimate of drug-likeness (QED) is 0.313. The Kier molecular flexibility index (Phi) is 3.98. The summed E-state index contributed by atoms with van der Waals surface area (Å²) in [6.45, 7) is 5.92. The molecule has 0 saturated carbocycles. The molecule has 6 heteroatoms. The summed E-state index contributed by atoms with van der Waals surface area (Å²) >= 11 is 0. The van der Waals surface area contributed by atoms with Gasteiger partial charge in [0.2, 0.25) is 5.76 Å². The van der Waals surface area contributed by atoms with Gasteiger partial charge in [0.05, 0.1) is 5.71 Å². The summed E-state index contributed by atoms with van der Waals surface area (Å²) in [5.74, 6) is 0.574. The van der Waals surface area contributed by atoms with Gasteiger partial charge in [-0.25, -0.2) is 4.79 Å². The lowest BCUT2D eigenvalue weighted by atomic mass is 9.75. The third kappa shape index (κ3) is 2.97. The summed E-state index contributed by atoms with van der Waals surface area (Å²) in [6.07, 6.45) is 2.92. The number of oxime groups is 1. The van der Waals surface area contributed by atoms with E-state index in [0.29, 0.717) is 46.7 Å². The molecule has 1 aliphatic rings. The van der Waals surface area contributed by atoms with Crippen molar-refractivity contribution in [2.45, 2.75) is 33.6 Å². The molecule has 0 amide bonds. The van der Waals surface area contributed by atoms with Crippen LogP contribution >= 0.6 is 0 Å². The number of hydrogen-bond acceptors (Lipinski definition) is 6. The Morgan fingerprint density at radius 3 is 2.81 bits per heavy atom. The number of aromatic nitrogens is 1. The third-order valence-corrected chi connectivity index (χ3v) is 4.90. The molecule has 3 aromatic rings. The number of fused-ring (bicyclic) bond motifs is 2. The minimum atomic E-state index is -0.588. The molecule has 27 heavy (non-hydrogen) atoms. The van der Waals surface area contributed by atoms with Crippen molar-refractivity contribution in [2.75, 3.05) is 0 Å². The van der Waals surface area contributed by atoms with E-state index in [-0.39, 0.29) is 11.2 Å². The normalized spacial score (nSPS) is 17.1. The van der Waals surface area contributed by atoms with Gasteiger partial charge >= 0.3 is 5.97 Å². The van der Waals surface area contributed by atoms with Crippen molar-refractivity contribution in [1.29, 1.82) is 0 Å². The van der Waals surface area contributed by atoms with E-state index in [1.807, 2.05) is 24.3 Å². The first-order chi connectivity index (χ1) is 12.9. The first kappa shape index (κ1) is 17.3. The zero-order valence-electron chi connectivity index (χ0n) is 15.4. The lowest BCUT2D eigenvalue weighted by Crippen LogP contribution is -2.27. The van der Waals surface area contributed by atoms with E-state index >= 15 is 0 Å². The van der Waals surface area contributed by atoms with Gasteiger partial charge in [-0.1, -0.05) is 37.2 Å². The zero-order chi connectivity index (χ0) is 19.2. The maximum absolute atomic E-state index is 12.8. The van der Waals surface area contributed by atoms with Crippen molar-refractivity contribution in [1.82, 2.24) is 4.98 Å². The highest BCUT2D eigenvalue weighted by molar-refractivity contribution is 6.06. The second kappa shape index (κ2) is 6.23. The molecule has 0 radical (unpaired) electrons. The number of ether oxygens (including phenoxy) is 1. The Bertz CT molecular complexity index is 1070. The number of carbonyl (C=O) groups is 1. The highest BCUT2D eigenvalue weighted by Gasteiger charge is 2.36. The van der Waals surface area contributed by atoms with Crippen LogP contribution in [0.25, 0.3) is 10.9 Å². The molecule has 1 aliphatic carbocycles. The van der Waals surface area contributed by atoms with Gasteiger partial charge in [0.25, 0.3) is 0 Å². The van der Waals surface area contributed by atoms with Crippen LogP contribution in [0.2, 0.25) is 0 Å². The van der Waals surface area contributed by atoms with Crippen LogP contribution in [-0.2, 0) is 6.42 Å². The van der Waals surface area contributed by atoms with Crippen molar-refractivity contribution < 1.29 is 19.2 Å². The van der Waals surface area contributed by atoms with Gasteiger partial charge < -0.3 is 14.4 Å². The molecule has 0 bridgehead atoms. The number of hydrogen-bond donors (Lipinski definition) is 1. The van der Waals surface area contributed by atoms with Gasteiger partial charge in [-0.15, -0.1) is 0 Å². The predicted molar refractivity (Wildman–Crippen MR) is 101 cm³/mol. The molecule has 2 heterocycles. The van der Waals surface area contributed by atoms with Crippen molar-refractivity contribution in [3.8, 4) is 5.75 Å². The highest BCUT2D eigenvalue weighted by atomic mass is 16.5. The van der Waals surface area contributed by atoms with Crippen LogP contribution < -0.4 is 4.74 Å². The van der Waals surface area contributed by atoms with Gasteiger partial charge in [-0.2, -0.15) is 0 Å². The Morgan fingerprint density at radius 1 is 1.26 bits per heavy atom. The Morgan fingerprint density at radius 2 is 2.04 bits per heavy atom. The molecule has 2 aromatic heterocycles. The Labute approximate surface area is 156 Å². The molecule has 0 atom stereocenters. The van der Waals surface area contributed by atoms with Gasteiger partial charge in [0.15, 0.2) is 5.75 Å². The summed E-state index contributed by atoms with van der Waals surface area (Å²) in [4.78, 5) is 17.1. The monoisotopic (exact) mass is 364 g/mol. The first-order valence-corrected chi connectivity index (χ1v) is 8.79. The van der Waals surface area contributed by atoms with Gasteiger partial charge in [0.1, 0.15) is 11.3 Å². The van der Waals surface area contributed by atoms with Crippen LogP contribution in [0.4, 0.5) is 0 Å². The van der Waals surface area contributed by atoms with Gasteiger partial charge in [-0.3, -0.25) is 4.98 Å². The summed E-state index contributed by atoms with van der Waals surface area (Å²) in [5.41, 5.74) is 2.38. The molecule has 0 fully saturated rings. The SMILES string of the molecule is Cc1c(C(=O)Oc2cccc3cccnc23)oc2c1/C(=N\O)CC(C)(C)C2. The number of benzene rings is 1. The fourth-order valence-corrected chi connectivity index (χ4v) is 3.70. The van der Waals surface area contributed by atoms with E-state index in [4.69, 9.17) is 9.15 Å². The van der Waals surface area contributed by atoms with Crippen LogP contribution in [0.15, 0.2) is 46.1 Å².